The van der Waals surface area contributed by atoms with Crippen LogP contribution in [0.5, 0.6) is 0 Å². The highest BCUT2D eigenvalue weighted by atomic mass is 16.5. The van der Waals surface area contributed by atoms with E-state index in [2.05, 4.69) is 6.92 Å². The van der Waals surface area contributed by atoms with Crippen molar-refractivity contribution >= 4 is 5.78 Å². The molecule has 0 aromatic heterocycles. The molecule has 0 spiro atoms. The van der Waals surface area contributed by atoms with Crippen molar-refractivity contribution in [2.24, 2.45) is 5.41 Å². The van der Waals surface area contributed by atoms with Crippen molar-refractivity contribution in [3.8, 4) is 0 Å². The molecule has 1 aliphatic carbocycles. The highest BCUT2D eigenvalue weighted by Crippen LogP contribution is 2.47. The molecule has 1 saturated heterocycles. The molecule has 2 fully saturated rings. The quantitative estimate of drug-likeness (QED) is 0.479. The minimum Gasteiger partial charge on any atom is -0.370 e. The summed E-state index contributed by atoms with van der Waals surface area (Å²) in [6.07, 6.45) is 1.79. The molecular weight excluding hydrogens is 116 g/mol. The SMILES string of the molecule is C[C@]12CCO[C@H]1C(=O)C2. The summed E-state index contributed by atoms with van der Waals surface area (Å²) in [4.78, 5) is 10.8. The normalized spacial score (nSPS) is 48.6. The molecular formula is C7H10O2. The molecule has 2 heteroatoms. The first-order chi connectivity index (χ1) is 4.22. The van der Waals surface area contributed by atoms with Gasteiger partial charge in [0.2, 0.25) is 0 Å². The summed E-state index contributed by atoms with van der Waals surface area (Å²) in [6.45, 7) is 2.92. The Hall–Kier alpha value is -0.370. The number of ketones is 1. The van der Waals surface area contributed by atoms with E-state index in [0.29, 0.717) is 5.78 Å². The van der Waals surface area contributed by atoms with Crippen molar-refractivity contribution in [3.05, 3.63) is 0 Å². The fraction of sp³-hybridized carbons (Fsp3) is 0.857. The Kier molecular flexibility index (Phi) is 0.826. The van der Waals surface area contributed by atoms with Crippen LogP contribution >= 0.6 is 0 Å². The topological polar surface area (TPSA) is 26.3 Å². The monoisotopic (exact) mass is 126 g/mol. The van der Waals surface area contributed by atoms with E-state index < -0.39 is 0 Å². The minimum absolute atomic E-state index is 0.0301. The first-order valence-corrected chi connectivity index (χ1v) is 3.37. The van der Waals surface area contributed by atoms with E-state index in [1.165, 1.54) is 0 Å². The maximum atomic E-state index is 10.8. The fourth-order valence-electron chi connectivity index (χ4n) is 1.76. The Labute approximate surface area is 54.2 Å². The van der Waals surface area contributed by atoms with Gasteiger partial charge in [0.15, 0.2) is 5.78 Å². The van der Waals surface area contributed by atoms with Gasteiger partial charge >= 0.3 is 0 Å². The number of carbonyl (C=O) groups is 1. The van der Waals surface area contributed by atoms with Gasteiger partial charge in [0.1, 0.15) is 6.10 Å². The van der Waals surface area contributed by atoms with Crippen LogP contribution in [0, 0.1) is 5.41 Å². The average Bonchev–Trinajstić information content (AvgIpc) is 2.06. The van der Waals surface area contributed by atoms with Crippen LogP contribution in [0.3, 0.4) is 0 Å². The molecule has 9 heavy (non-hydrogen) atoms. The van der Waals surface area contributed by atoms with E-state index in [1.54, 1.807) is 0 Å². The second-order valence-corrected chi connectivity index (χ2v) is 3.30. The molecule has 2 rings (SSSR count). The zero-order valence-corrected chi connectivity index (χ0v) is 5.52. The lowest BCUT2D eigenvalue weighted by molar-refractivity contribution is -0.146. The van der Waals surface area contributed by atoms with Gasteiger partial charge in [-0.2, -0.15) is 0 Å². The van der Waals surface area contributed by atoms with Crippen molar-refractivity contribution < 1.29 is 9.53 Å². The Balaban J connectivity index is 2.21. The number of Topliss-reactive ketones (excluding diaryl/α,β-unsaturated/α-hetero) is 1. The lowest BCUT2D eigenvalue weighted by Crippen LogP contribution is -2.48. The van der Waals surface area contributed by atoms with E-state index in [-0.39, 0.29) is 11.5 Å². The fourth-order valence-corrected chi connectivity index (χ4v) is 1.76. The molecule has 0 amide bonds. The predicted molar refractivity (Wildman–Crippen MR) is 32.1 cm³/mol. The van der Waals surface area contributed by atoms with Crippen LogP contribution in [-0.2, 0) is 9.53 Å². The van der Waals surface area contributed by atoms with E-state index in [1.807, 2.05) is 0 Å². The summed E-state index contributed by atoms with van der Waals surface area (Å²) in [5.74, 6) is 0.301. The number of carbonyl (C=O) groups excluding carboxylic acids is 1. The third-order valence-electron chi connectivity index (χ3n) is 2.46. The van der Waals surface area contributed by atoms with E-state index >= 15 is 0 Å². The molecule has 0 bridgehead atoms. The van der Waals surface area contributed by atoms with Crippen LogP contribution in [-0.4, -0.2) is 18.5 Å². The van der Waals surface area contributed by atoms with Crippen molar-refractivity contribution in [1.29, 1.82) is 0 Å². The molecule has 0 N–H and O–H groups in total. The maximum Gasteiger partial charge on any atom is 0.162 e. The number of rotatable bonds is 0. The lowest BCUT2D eigenvalue weighted by atomic mass is 9.66. The molecule has 2 atom stereocenters. The third kappa shape index (κ3) is 0.517. The standard InChI is InChI=1S/C7H10O2/c1-7-2-3-9-6(7)5(8)4-7/h6H,2-4H2,1H3/t6-,7+/m0/s1. The molecule has 1 saturated carbocycles. The minimum atomic E-state index is -0.0301. The number of hydrogen-bond donors (Lipinski definition) is 0. The first-order valence-electron chi connectivity index (χ1n) is 3.37. The Morgan fingerprint density at radius 1 is 1.78 bits per heavy atom. The smallest absolute Gasteiger partial charge is 0.162 e. The Morgan fingerprint density at radius 3 is 3.00 bits per heavy atom. The van der Waals surface area contributed by atoms with Crippen molar-refractivity contribution in [3.63, 3.8) is 0 Å². The summed E-state index contributed by atoms with van der Waals surface area (Å²) in [7, 11) is 0. The van der Waals surface area contributed by atoms with Crippen LogP contribution in [0.25, 0.3) is 0 Å². The maximum absolute atomic E-state index is 10.8. The molecule has 0 radical (unpaired) electrons. The van der Waals surface area contributed by atoms with E-state index in [9.17, 15) is 4.79 Å². The van der Waals surface area contributed by atoms with Gasteiger partial charge in [0.05, 0.1) is 0 Å². The molecule has 0 aromatic rings. The largest absolute Gasteiger partial charge is 0.370 e. The van der Waals surface area contributed by atoms with Crippen molar-refractivity contribution in [2.45, 2.75) is 25.9 Å². The van der Waals surface area contributed by atoms with Gasteiger partial charge in [-0.15, -0.1) is 0 Å². The highest BCUT2D eigenvalue weighted by molar-refractivity contribution is 5.91. The second kappa shape index (κ2) is 1.37. The number of ether oxygens (including phenoxy) is 1. The summed E-state index contributed by atoms with van der Waals surface area (Å²) in [6, 6.07) is 0. The average molecular weight is 126 g/mol. The van der Waals surface area contributed by atoms with Crippen molar-refractivity contribution in [2.75, 3.05) is 6.61 Å². The van der Waals surface area contributed by atoms with Crippen LogP contribution in [0.4, 0.5) is 0 Å². The van der Waals surface area contributed by atoms with Gasteiger partial charge in [-0.05, 0) is 6.42 Å². The zero-order chi connectivity index (χ0) is 6.48. The van der Waals surface area contributed by atoms with Crippen LogP contribution in [0.15, 0.2) is 0 Å². The highest BCUT2D eigenvalue weighted by Gasteiger charge is 2.54. The Morgan fingerprint density at radius 2 is 2.56 bits per heavy atom. The molecule has 1 aliphatic heterocycles. The number of fused-ring (bicyclic) bond motifs is 1. The van der Waals surface area contributed by atoms with Gasteiger partial charge in [0, 0.05) is 18.4 Å². The first kappa shape index (κ1) is 5.42. The summed E-state index contributed by atoms with van der Waals surface area (Å²) >= 11 is 0. The van der Waals surface area contributed by atoms with E-state index in [0.717, 1.165) is 19.4 Å². The molecule has 2 nitrogen and oxygen atoms in total. The summed E-state index contributed by atoms with van der Waals surface area (Å²) in [5, 5.41) is 0. The summed E-state index contributed by atoms with van der Waals surface area (Å²) in [5.41, 5.74) is 0.233. The molecule has 50 valence electrons. The second-order valence-electron chi connectivity index (χ2n) is 3.30. The van der Waals surface area contributed by atoms with Gasteiger partial charge in [-0.1, -0.05) is 6.92 Å². The van der Waals surface area contributed by atoms with Crippen molar-refractivity contribution in [1.82, 2.24) is 0 Å². The van der Waals surface area contributed by atoms with Gasteiger partial charge < -0.3 is 4.74 Å². The lowest BCUT2D eigenvalue weighted by Gasteiger charge is -2.37. The molecule has 0 unspecified atom stereocenters. The third-order valence-corrected chi connectivity index (χ3v) is 2.46. The molecule has 0 aromatic carbocycles. The number of hydrogen-bond acceptors (Lipinski definition) is 2. The molecule has 2 aliphatic rings. The van der Waals surface area contributed by atoms with Crippen LogP contribution in [0.2, 0.25) is 0 Å². The van der Waals surface area contributed by atoms with Gasteiger partial charge in [-0.25, -0.2) is 0 Å². The van der Waals surface area contributed by atoms with Crippen LogP contribution in [0.1, 0.15) is 19.8 Å². The molecule has 1 heterocycles. The van der Waals surface area contributed by atoms with Gasteiger partial charge in [-0.3, -0.25) is 4.79 Å². The van der Waals surface area contributed by atoms with Gasteiger partial charge in [0.25, 0.3) is 0 Å². The zero-order valence-electron chi connectivity index (χ0n) is 5.52. The van der Waals surface area contributed by atoms with E-state index in [4.69, 9.17) is 4.74 Å². The predicted octanol–water partition coefficient (Wildman–Crippen LogP) is 0.754. The summed E-state index contributed by atoms with van der Waals surface area (Å²) < 4.78 is 5.22. The Bertz CT molecular complexity index is 164. The van der Waals surface area contributed by atoms with Crippen LogP contribution < -0.4 is 0 Å².